The fraction of sp³-hybridized carbons (Fsp3) is 0.158. The number of carbonyl (C=O) groups excluding carboxylic acids is 1. The highest BCUT2D eigenvalue weighted by molar-refractivity contribution is 5.95. The third-order valence-electron chi connectivity index (χ3n) is 3.72. The van der Waals surface area contributed by atoms with Gasteiger partial charge in [-0.1, -0.05) is 67.2 Å². The SMILES string of the molecule is C=C(C)C(=O)OC1=NC(c2ccccc2)(c2ccccc2)CO1. The molecule has 0 saturated carbocycles. The van der Waals surface area contributed by atoms with Crippen molar-refractivity contribution in [2.45, 2.75) is 12.5 Å². The van der Waals surface area contributed by atoms with Crippen LogP contribution in [0.2, 0.25) is 0 Å². The highest BCUT2D eigenvalue weighted by atomic mass is 16.7. The molecule has 2 aromatic carbocycles. The van der Waals surface area contributed by atoms with Crippen molar-refractivity contribution >= 4 is 12.1 Å². The van der Waals surface area contributed by atoms with Crippen molar-refractivity contribution in [1.29, 1.82) is 0 Å². The summed E-state index contributed by atoms with van der Waals surface area (Å²) in [5.74, 6) is -0.541. The summed E-state index contributed by atoms with van der Waals surface area (Å²) in [6.45, 7) is 5.43. The van der Waals surface area contributed by atoms with Crippen molar-refractivity contribution in [3.63, 3.8) is 0 Å². The van der Waals surface area contributed by atoms with Gasteiger partial charge in [0.05, 0.1) is 0 Å². The van der Waals surface area contributed by atoms with Crippen LogP contribution < -0.4 is 0 Å². The molecule has 0 saturated heterocycles. The highest BCUT2D eigenvalue weighted by Gasteiger charge is 2.41. The van der Waals surface area contributed by atoms with Crippen LogP contribution in [0.25, 0.3) is 0 Å². The first kappa shape index (κ1) is 15.0. The van der Waals surface area contributed by atoms with E-state index >= 15 is 0 Å². The fourth-order valence-electron chi connectivity index (χ4n) is 2.50. The lowest BCUT2D eigenvalue weighted by molar-refractivity contribution is -0.132. The van der Waals surface area contributed by atoms with Crippen LogP contribution in [-0.2, 0) is 19.8 Å². The second-order valence-electron chi connectivity index (χ2n) is 5.43. The molecule has 4 nitrogen and oxygen atoms in total. The van der Waals surface area contributed by atoms with Crippen molar-refractivity contribution in [2.24, 2.45) is 4.99 Å². The lowest BCUT2D eigenvalue weighted by Gasteiger charge is -2.24. The molecule has 1 heterocycles. The van der Waals surface area contributed by atoms with Gasteiger partial charge in [0, 0.05) is 5.57 Å². The Morgan fingerprint density at radius 1 is 1.09 bits per heavy atom. The molecule has 0 bridgehead atoms. The van der Waals surface area contributed by atoms with Crippen LogP contribution in [0.4, 0.5) is 0 Å². The number of benzene rings is 2. The Morgan fingerprint density at radius 2 is 1.61 bits per heavy atom. The summed E-state index contributed by atoms with van der Waals surface area (Å²) in [5.41, 5.74) is 1.54. The molecule has 3 rings (SSSR count). The normalized spacial score (nSPS) is 15.4. The molecule has 116 valence electrons. The van der Waals surface area contributed by atoms with E-state index in [2.05, 4.69) is 11.6 Å². The van der Waals surface area contributed by atoms with Gasteiger partial charge in [-0.15, -0.1) is 0 Å². The molecule has 4 heteroatoms. The molecule has 0 amide bonds. The molecule has 0 atom stereocenters. The minimum atomic E-state index is -0.715. The monoisotopic (exact) mass is 307 g/mol. The van der Waals surface area contributed by atoms with Gasteiger partial charge in [0.15, 0.2) is 5.54 Å². The van der Waals surface area contributed by atoms with Crippen LogP contribution in [0.15, 0.2) is 77.8 Å². The minimum absolute atomic E-state index is 0.0225. The topological polar surface area (TPSA) is 47.9 Å². The zero-order valence-corrected chi connectivity index (χ0v) is 12.9. The first-order valence-electron chi connectivity index (χ1n) is 7.33. The number of ether oxygens (including phenoxy) is 2. The molecule has 1 aliphatic rings. The molecule has 0 radical (unpaired) electrons. The summed E-state index contributed by atoms with van der Waals surface area (Å²) in [6, 6.07) is 19.7. The average molecular weight is 307 g/mol. The van der Waals surface area contributed by atoms with Gasteiger partial charge in [0.1, 0.15) is 6.61 Å². The number of nitrogens with zero attached hydrogens (tertiary/aromatic N) is 1. The van der Waals surface area contributed by atoms with Gasteiger partial charge in [-0.05, 0) is 18.1 Å². The second kappa shape index (κ2) is 6.08. The van der Waals surface area contributed by atoms with Gasteiger partial charge in [-0.25, -0.2) is 4.79 Å². The standard InChI is InChI=1S/C19H17NO3/c1-14(2)17(21)23-18-20-19(13-22-18,15-9-5-3-6-10-15)16-11-7-4-8-12-16/h3-12H,1,13H2,2H3. The van der Waals surface area contributed by atoms with E-state index in [0.29, 0.717) is 5.57 Å². The van der Waals surface area contributed by atoms with Gasteiger partial charge in [0.2, 0.25) is 0 Å². The number of rotatable bonds is 3. The number of aliphatic imine (C=N–C) groups is 1. The predicted octanol–water partition coefficient (Wildman–Crippen LogP) is 3.44. The maximum absolute atomic E-state index is 11.7. The maximum atomic E-state index is 11.7. The van der Waals surface area contributed by atoms with Crippen molar-refractivity contribution in [2.75, 3.05) is 6.61 Å². The quantitative estimate of drug-likeness (QED) is 0.644. The van der Waals surface area contributed by atoms with Gasteiger partial charge in [-0.3, -0.25) is 0 Å². The van der Waals surface area contributed by atoms with E-state index in [1.165, 1.54) is 0 Å². The van der Waals surface area contributed by atoms with Crippen LogP contribution in [0.1, 0.15) is 18.1 Å². The summed E-state index contributed by atoms with van der Waals surface area (Å²) in [6.07, 6.45) is -0.0225. The first-order chi connectivity index (χ1) is 11.1. The fourth-order valence-corrected chi connectivity index (χ4v) is 2.50. The van der Waals surface area contributed by atoms with Gasteiger partial charge in [0.25, 0.3) is 0 Å². The lowest BCUT2D eigenvalue weighted by Crippen LogP contribution is -2.26. The number of carbonyl (C=O) groups is 1. The van der Waals surface area contributed by atoms with Gasteiger partial charge >= 0.3 is 12.1 Å². The highest BCUT2D eigenvalue weighted by Crippen LogP contribution is 2.37. The Hall–Kier alpha value is -2.88. The molecule has 23 heavy (non-hydrogen) atoms. The molecule has 1 aliphatic heterocycles. The van der Waals surface area contributed by atoms with E-state index in [1.54, 1.807) is 6.92 Å². The Labute approximate surface area is 135 Å². The van der Waals surface area contributed by atoms with Crippen molar-refractivity contribution in [3.8, 4) is 0 Å². The second-order valence-corrected chi connectivity index (χ2v) is 5.43. The summed E-state index contributed by atoms with van der Waals surface area (Å²) >= 11 is 0. The summed E-state index contributed by atoms with van der Waals surface area (Å²) in [4.78, 5) is 16.3. The van der Waals surface area contributed by atoms with Gasteiger partial charge < -0.3 is 9.47 Å². The van der Waals surface area contributed by atoms with E-state index < -0.39 is 11.5 Å². The third-order valence-corrected chi connectivity index (χ3v) is 3.72. The number of hydrogen-bond acceptors (Lipinski definition) is 4. The van der Waals surface area contributed by atoms with Crippen LogP contribution in [-0.4, -0.2) is 18.7 Å². The first-order valence-corrected chi connectivity index (χ1v) is 7.33. The molecule has 2 aromatic rings. The molecule has 0 unspecified atom stereocenters. The van der Waals surface area contributed by atoms with E-state index in [4.69, 9.17) is 9.47 Å². The molecule has 0 N–H and O–H groups in total. The minimum Gasteiger partial charge on any atom is -0.447 e. The molecule has 0 aliphatic carbocycles. The van der Waals surface area contributed by atoms with Crippen LogP contribution in [0, 0.1) is 0 Å². The van der Waals surface area contributed by atoms with E-state index in [9.17, 15) is 4.79 Å². The van der Waals surface area contributed by atoms with E-state index in [1.807, 2.05) is 60.7 Å². The molecule has 0 fully saturated rings. The maximum Gasteiger partial charge on any atom is 0.393 e. The molecular formula is C19H17NO3. The summed E-state index contributed by atoms with van der Waals surface area (Å²) < 4.78 is 10.7. The summed E-state index contributed by atoms with van der Waals surface area (Å²) in [5, 5.41) is 0. The van der Waals surface area contributed by atoms with Crippen molar-refractivity contribution in [3.05, 3.63) is 83.9 Å². The Morgan fingerprint density at radius 3 is 2.09 bits per heavy atom. The Kier molecular flexibility index (Phi) is 3.98. The average Bonchev–Trinajstić information content (AvgIpc) is 3.01. The number of esters is 1. The van der Waals surface area contributed by atoms with E-state index in [-0.39, 0.29) is 12.7 Å². The Balaban J connectivity index is 2.04. The van der Waals surface area contributed by atoms with Crippen molar-refractivity contribution < 1.29 is 14.3 Å². The van der Waals surface area contributed by atoms with Crippen LogP contribution in [0.3, 0.4) is 0 Å². The number of hydrogen-bond donors (Lipinski definition) is 0. The molecular weight excluding hydrogens is 290 g/mol. The lowest BCUT2D eigenvalue weighted by atomic mass is 9.84. The Bertz CT molecular complexity index is 711. The molecule has 0 aromatic heterocycles. The van der Waals surface area contributed by atoms with E-state index in [0.717, 1.165) is 11.1 Å². The zero-order chi connectivity index (χ0) is 16.3. The van der Waals surface area contributed by atoms with Crippen molar-refractivity contribution in [1.82, 2.24) is 0 Å². The zero-order valence-electron chi connectivity index (χ0n) is 12.9. The third kappa shape index (κ3) is 2.88. The van der Waals surface area contributed by atoms with Crippen LogP contribution >= 0.6 is 0 Å². The largest absolute Gasteiger partial charge is 0.447 e. The van der Waals surface area contributed by atoms with Gasteiger partial charge in [-0.2, -0.15) is 4.99 Å². The van der Waals surface area contributed by atoms with Crippen LogP contribution in [0.5, 0.6) is 0 Å². The predicted molar refractivity (Wildman–Crippen MR) is 88.0 cm³/mol. The molecule has 0 spiro atoms. The summed E-state index contributed by atoms with van der Waals surface area (Å²) in [7, 11) is 0. The smallest absolute Gasteiger partial charge is 0.393 e.